The Balaban J connectivity index is 1.92. The molecule has 0 aliphatic carbocycles. The normalized spacial score (nSPS) is 17.3. The molecular formula is C21H23BFN. The smallest absolute Gasteiger partial charge is 0.187 e. The first-order chi connectivity index (χ1) is 11.4. The Bertz CT molecular complexity index is 782. The van der Waals surface area contributed by atoms with Crippen LogP contribution in [0.1, 0.15) is 32.3 Å². The van der Waals surface area contributed by atoms with Crippen molar-refractivity contribution in [3.63, 3.8) is 0 Å². The summed E-state index contributed by atoms with van der Waals surface area (Å²) >= 11 is 0. The van der Waals surface area contributed by atoms with Gasteiger partial charge in [-0.05, 0) is 61.5 Å². The maximum Gasteiger partial charge on any atom is 0.187 e. The summed E-state index contributed by atoms with van der Waals surface area (Å²) in [7, 11) is 0.623. The number of allylic oxidation sites excluding steroid dienone is 1. The minimum absolute atomic E-state index is 0.0846. The van der Waals surface area contributed by atoms with E-state index in [-0.39, 0.29) is 11.4 Å². The standard InChI is InChI=1S/C21H23BFN/c1-14(2)11-21(12-15(3)4)13-19(24-21)16-8-9-22-20-17(10-16)6-5-7-18(20)23/h5-10,13,22,24H,1,3,11-12H2,2,4H3. The van der Waals surface area contributed by atoms with Crippen LogP contribution < -0.4 is 10.8 Å². The Kier molecular flexibility index (Phi) is 4.36. The fraction of sp³-hybridized carbons (Fsp3) is 0.238. The van der Waals surface area contributed by atoms with E-state index in [1.807, 2.05) is 12.0 Å². The van der Waals surface area contributed by atoms with Crippen LogP contribution in [0.15, 0.2) is 71.9 Å². The van der Waals surface area contributed by atoms with Gasteiger partial charge in [-0.15, -0.1) is 19.1 Å². The van der Waals surface area contributed by atoms with Gasteiger partial charge in [0.05, 0.1) is 5.54 Å². The second kappa shape index (κ2) is 6.31. The largest absolute Gasteiger partial charge is 0.375 e. The molecule has 0 unspecified atom stereocenters. The van der Waals surface area contributed by atoms with Gasteiger partial charge in [0.25, 0.3) is 0 Å². The van der Waals surface area contributed by atoms with Crippen LogP contribution in [0.25, 0.3) is 6.08 Å². The van der Waals surface area contributed by atoms with Crippen LogP contribution in [0.2, 0.25) is 0 Å². The number of halogens is 1. The minimum Gasteiger partial charge on any atom is -0.375 e. The predicted octanol–water partition coefficient (Wildman–Crippen LogP) is 3.96. The molecule has 0 spiro atoms. The average Bonchev–Trinajstić information content (AvgIpc) is 2.66. The summed E-state index contributed by atoms with van der Waals surface area (Å²) in [5, 5.41) is 3.63. The Morgan fingerprint density at radius 3 is 2.50 bits per heavy atom. The van der Waals surface area contributed by atoms with Crippen molar-refractivity contribution in [2.45, 2.75) is 32.2 Å². The zero-order valence-corrected chi connectivity index (χ0v) is 14.5. The van der Waals surface area contributed by atoms with E-state index in [0.29, 0.717) is 7.28 Å². The molecule has 122 valence electrons. The molecule has 3 rings (SSSR count). The van der Waals surface area contributed by atoms with E-state index in [1.54, 1.807) is 6.07 Å². The van der Waals surface area contributed by atoms with E-state index in [0.717, 1.165) is 46.3 Å². The number of benzene rings is 1. The fourth-order valence-corrected chi connectivity index (χ4v) is 3.64. The summed E-state index contributed by atoms with van der Waals surface area (Å²) in [5.74, 6) is 1.89. The number of hydrogen-bond donors (Lipinski definition) is 1. The van der Waals surface area contributed by atoms with Crippen molar-refractivity contribution >= 4 is 18.8 Å². The molecule has 0 amide bonds. The number of nitrogens with one attached hydrogen (secondary N) is 1. The second-order valence-corrected chi connectivity index (χ2v) is 7.12. The van der Waals surface area contributed by atoms with E-state index in [2.05, 4.69) is 50.6 Å². The van der Waals surface area contributed by atoms with E-state index in [1.165, 1.54) is 6.07 Å². The van der Waals surface area contributed by atoms with Crippen LogP contribution in [-0.2, 0) is 0 Å². The van der Waals surface area contributed by atoms with Crippen LogP contribution in [0, 0.1) is 5.82 Å². The average molecular weight is 319 g/mol. The van der Waals surface area contributed by atoms with Crippen molar-refractivity contribution in [1.82, 2.24) is 5.32 Å². The highest BCUT2D eigenvalue weighted by Gasteiger charge is 2.36. The Morgan fingerprint density at radius 1 is 1.21 bits per heavy atom. The third kappa shape index (κ3) is 3.30. The summed E-state index contributed by atoms with van der Waals surface area (Å²) < 4.78 is 14.0. The Labute approximate surface area is 144 Å². The minimum atomic E-state index is -0.135. The van der Waals surface area contributed by atoms with Crippen LogP contribution in [0.3, 0.4) is 0 Å². The molecule has 0 saturated carbocycles. The van der Waals surface area contributed by atoms with Crippen molar-refractivity contribution in [3.8, 4) is 0 Å². The topological polar surface area (TPSA) is 12.0 Å². The molecule has 1 nitrogen and oxygen atoms in total. The highest BCUT2D eigenvalue weighted by atomic mass is 19.1. The molecule has 0 fully saturated rings. The van der Waals surface area contributed by atoms with Gasteiger partial charge in [-0.25, -0.2) is 4.39 Å². The number of rotatable bonds is 5. The van der Waals surface area contributed by atoms with Crippen LogP contribution in [0.4, 0.5) is 4.39 Å². The molecule has 0 saturated heterocycles. The van der Waals surface area contributed by atoms with Gasteiger partial charge in [0.1, 0.15) is 5.82 Å². The first kappa shape index (κ1) is 16.6. The number of hydrogen-bond acceptors (Lipinski definition) is 1. The van der Waals surface area contributed by atoms with Crippen molar-refractivity contribution in [2.75, 3.05) is 0 Å². The summed E-state index contributed by atoms with van der Waals surface area (Å²) in [4.78, 5) is 0. The molecule has 2 aliphatic rings. The van der Waals surface area contributed by atoms with Gasteiger partial charge < -0.3 is 5.32 Å². The lowest BCUT2D eigenvalue weighted by atomic mass is 9.68. The van der Waals surface area contributed by atoms with Crippen molar-refractivity contribution in [3.05, 3.63) is 83.3 Å². The highest BCUT2D eigenvalue weighted by molar-refractivity contribution is 6.60. The molecule has 2 aliphatic heterocycles. The third-order valence-electron chi connectivity index (χ3n) is 4.44. The van der Waals surface area contributed by atoms with Gasteiger partial charge in [-0.3, -0.25) is 0 Å². The highest BCUT2D eigenvalue weighted by Crippen LogP contribution is 2.36. The Hall–Kier alpha value is -2.29. The van der Waals surface area contributed by atoms with Gasteiger partial charge in [0, 0.05) is 5.70 Å². The lowest BCUT2D eigenvalue weighted by Crippen LogP contribution is -2.51. The molecule has 0 aromatic heterocycles. The first-order valence-corrected chi connectivity index (χ1v) is 8.34. The molecule has 0 bridgehead atoms. The molecular weight excluding hydrogens is 296 g/mol. The van der Waals surface area contributed by atoms with Crippen molar-refractivity contribution in [2.24, 2.45) is 0 Å². The molecule has 3 heteroatoms. The number of fused-ring (bicyclic) bond motifs is 1. The SMILES string of the molecule is C=C(C)CC1(CC(=C)C)C=C(C2=Cc3cccc(F)c3BC=C2)N1. The molecule has 1 aromatic carbocycles. The molecule has 0 atom stereocenters. The van der Waals surface area contributed by atoms with E-state index >= 15 is 0 Å². The van der Waals surface area contributed by atoms with Crippen LogP contribution in [0.5, 0.6) is 0 Å². The lowest BCUT2D eigenvalue weighted by Gasteiger charge is -2.43. The quantitative estimate of drug-likeness (QED) is 0.640. The summed E-state index contributed by atoms with van der Waals surface area (Å²) in [5.41, 5.74) is 6.13. The van der Waals surface area contributed by atoms with E-state index in [4.69, 9.17) is 0 Å². The molecule has 24 heavy (non-hydrogen) atoms. The summed E-state index contributed by atoms with van der Waals surface area (Å²) in [6.45, 7) is 12.2. The monoisotopic (exact) mass is 319 g/mol. The van der Waals surface area contributed by atoms with Gasteiger partial charge in [0.2, 0.25) is 0 Å². The molecule has 1 aromatic rings. The summed E-state index contributed by atoms with van der Waals surface area (Å²) in [6, 6.07) is 5.26. The fourth-order valence-electron chi connectivity index (χ4n) is 3.64. The zero-order chi connectivity index (χ0) is 17.3. The predicted molar refractivity (Wildman–Crippen MR) is 103 cm³/mol. The van der Waals surface area contributed by atoms with Crippen LogP contribution in [-0.4, -0.2) is 12.8 Å². The van der Waals surface area contributed by atoms with Crippen molar-refractivity contribution in [1.29, 1.82) is 0 Å². The molecule has 1 N–H and O–H groups in total. The van der Waals surface area contributed by atoms with E-state index < -0.39 is 0 Å². The third-order valence-corrected chi connectivity index (χ3v) is 4.44. The van der Waals surface area contributed by atoms with Gasteiger partial charge in [-0.1, -0.05) is 29.4 Å². The maximum atomic E-state index is 14.0. The van der Waals surface area contributed by atoms with Crippen molar-refractivity contribution < 1.29 is 4.39 Å². The molecule has 2 heterocycles. The van der Waals surface area contributed by atoms with Gasteiger partial charge >= 0.3 is 0 Å². The molecule has 0 radical (unpaired) electrons. The van der Waals surface area contributed by atoms with Gasteiger partial charge in [-0.2, -0.15) is 0 Å². The second-order valence-electron chi connectivity index (χ2n) is 7.12. The first-order valence-electron chi connectivity index (χ1n) is 8.34. The zero-order valence-electron chi connectivity index (χ0n) is 14.5. The van der Waals surface area contributed by atoms with Gasteiger partial charge in [0.15, 0.2) is 7.28 Å². The maximum absolute atomic E-state index is 14.0. The van der Waals surface area contributed by atoms with E-state index in [9.17, 15) is 4.39 Å². The lowest BCUT2D eigenvalue weighted by molar-refractivity contribution is 0.386. The summed E-state index contributed by atoms with van der Waals surface area (Å²) in [6.07, 6.45) is 8.20. The Morgan fingerprint density at radius 2 is 1.88 bits per heavy atom. The van der Waals surface area contributed by atoms with Crippen LogP contribution >= 0.6 is 0 Å².